The van der Waals surface area contributed by atoms with Gasteiger partial charge >= 0.3 is 0 Å². The molecule has 0 saturated carbocycles. The van der Waals surface area contributed by atoms with E-state index in [-0.39, 0.29) is 12.5 Å². The number of thioether (sulfide) groups is 1. The molecular weight excluding hydrogens is 326 g/mol. The third kappa shape index (κ3) is 5.09. The Kier molecular flexibility index (Phi) is 6.81. The van der Waals surface area contributed by atoms with E-state index in [1.165, 1.54) is 0 Å². The number of anilines is 1. The topological polar surface area (TPSA) is 56.8 Å². The van der Waals surface area contributed by atoms with E-state index in [1.54, 1.807) is 44.2 Å². The predicted molar refractivity (Wildman–Crippen MR) is 96.5 cm³/mol. The van der Waals surface area contributed by atoms with Crippen LogP contribution in [0.25, 0.3) is 0 Å². The Morgan fingerprint density at radius 1 is 1.04 bits per heavy atom. The van der Waals surface area contributed by atoms with Crippen LogP contribution in [0.1, 0.15) is 6.92 Å². The van der Waals surface area contributed by atoms with E-state index < -0.39 is 0 Å². The van der Waals surface area contributed by atoms with Crippen molar-refractivity contribution in [1.82, 2.24) is 0 Å². The summed E-state index contributed by atoms with van der Waals surface area (Å²) in [6.45, 7) is 1.98. The SMILES string of the molecule is CCSc1ccccc1NC(=O)COc1cc(OC)cc(OC)c1. The average Bonchev–Trinajstić information content (AvgIpc) is 2.61. The van der Waals surface area contributed by atoms with Gasteiger partial charge in [-0.2, -0.15) is 0 Å². The fraction of sp³-hybridized carbons (Fsp3) is 0.278. The van der Waals surface area contributed by atoms with E-state index in [0.29, 0.717) is 17.2 Å². The van der Waals surface area contributed by atoms with Crippen LogP contribution in [-0.4, -0.2) is 32.5 Å². The van der Waals surface area contributed by atoms with Gasteiger partial charge in [0.2, 0.25) is 0 Å². The van der Waals surface area contributed by atoms with Crippen molar-refractivity contribution >= 4 is 23.4 Å². The molecule has 24 heavy (non-hydrogen) atoms. The fourth-order valence-corrected chi connectivity index (χ4v) is 2.81. The monoisotopic (exact) mass is 347 g/mol. The molecule has 2 rings (SSSR count). The minimum Gasteiger partial charge on any atom is -0.496 e. The zero-order chi connectivity index (χ0) is 17.4. The number of nitrogens with one attached hydrogen (secondary N) is 1. The lowest BCUT2D eigenvalue weighted by Gasteiger charge is -2.12. The van der Waals surface area contributed by atoms with Crippen LogP contribution in [0.3, 0.4) is 0 Å². The van der Waals surface area contributed by atoms with Gasteiger partial charge in [0, 0.05) is 23.1 Å². The number of hydrogen-bond donors (Lipinski definition) is 1. The minimum absolute atomic E-state index is 0.0958. The highest BCUT2D eigenvalue weighted by molar-refractivity contribution is 7.99. The first kappa shape index (κ1) is 18.0. The molecule has 1 amide bonds. The Balaban J connectivity index is 1.99. The number of amides is 1. The molecule has 0 aliphatic rings. The third-order valence-electron chi connectivity index (χ3n) is 3.16. The second-order valence-corrected chi connectivity index (χ2v) is 6.12. The van der Waals surface area contributed by atoms with E-state index >= 15 is 0 Å². The van der Waals surface area contributed by atoms with Gasteiger partial charge in [-0.1, -0.05) is 19.1 Å². The first-order valence-electron chi connectivity index (χ1n) is 7.53. The number of carbonyl (C=O) groups excluding carboxylic acids is 1. The zero-order valence-corrected chi connectivity index (χ0v) is 14.8. The van der Waals surface area contributed by atoms with Crippen molar-refractivity contribution in [2.75, 3.05) is 31.9 Å². The summed E-state index contributed by atoms with van der Waals surface area (Å²) in [6, 6.07) is 12.9. The van der Waals surface area contributed by atoms with Crippen LogP contribution in [0.4, 0.5) is 5.69 Å². The molecule has 0 bridgehead atoms. The molecule has 0 heterocycles. The molecule has 1 N–H and O–H groups in total. The van der Waals surface area contributed by atoms with Crippen LogP contribution >= 0.6 is 11.8 Å². The van der Waals surface area contributed by atoms with Crippen LogP contribution < -0.4 is 19.5 Å². The summed E-state index contributed by atoms with van der Waals surface area (Å²) in [7, 11) is 3.13. The lowest BCUT2D eigenvalue weighted by atomic mass is 10.3. The van der Waals surface area contributed by atoms with Gasteiger partial charge in [0.05, 0.1) is 19.9 Å². The summed E-state index contributed by atoms with van der Waals surface area (Å²) < 4.78 is 15.9. The highest BCUT2D eigenvalue weighted by Crippen LogP contribution is 2.28. The van der Waals surface area contributed by atoms with E-state index in [0.717, 1.165) is 16.3 Å². The molecule has 128 valence electrons. The Labute approximate surface area is 146 Å². The van der Waals surface area contributed by atoms with E-state index in [4.69, 9.17) is 14.2 Å². The molecule has 0 aliphatic heterocycles. The molecule has 6 heteroatoms. The maximum Gasteiger partial charge on any atom is 0.262 e. The first-order chi connectivity index (χ1) is 11.7. The minimum atomic E-state index is -0.221. The summed E-state index contributed by atoms with van der Waals surface area (Å²) in [5.41, 5.74) is 0.793. The highest BCUT2D eigenvalue weighted by Gasteiger charge is 2.09. The van der Waals surface area contributed by atoms with Gasteiger partial charge in [-0.15, -0.1) is 11.8 Å². The van der Waals surface area contributed by atoms with Crippen molar-refractivity contribution in [2.24, 2.45) is 0 Å². The van der Waals surface area contributed by atoms with E-state index in [9.17, 15) is 4.79 Å². The molecule has 2 aromatic carbocycles. The summed E-state index contributed by atoms with van der Waals surface area (Å²) in [5, 5.41) is 2.88. The Hall–Kier alpha value is -2.34. The van der Waals surface area contributed by atoms with Crippen molar-refractivity contribution in [3.8, 4) is 17.2 Å². The molecule has 2 aromatic rings. The van der Waals surface area contributed by atoms with Crippen molar-refractivity contribution in [2.45, 2.75) is 11.8 Å². The molecule has 0 aliphatic carbocycles. The summed E-state index contributed by atoms with van der Waals surface area (Å²) in [6.07, 6.45) is 0. The quantitative estimate of drug-likeness (QED) is 0.736. The summed E-state index contributed by atoms with van der Waals surface area (Å²) in [4.78, 5) is 13.2. The van der Waals surface area contributed by atoms with Gasteiger partial charge < -0.3 is 19.5 Å². The summed E-state index contributed by atoms with van der Waals surface area (Å²) in [5.74, 6) is 2.44. The Bertz CT molecular complexity index is 668. The zero-order valence-electron chi connectivity index (χ0n) is 14.0. The van der Waals surface area contributed by atoms with Crippen LogP contribution in [0.5, 0.6) is 17.2 Å². The van der Waals surface area contributed by atoms with Crippen molar-refractivity contribution < 1.29 is 19.0 Å². The molecular formula is C18H21NO4S. The van der Waals surface area contributed by atoms with Gasteiger partial charge in [0.15, 0.2) is 6.61 Å². The smallest absolute Gasteiger partial charge is 0.262 e. The number of methoxy groups -OCH3 is 2. The number of para-hydroxylation sites is 1. The fourth-order valence-electron chi connectivity index (χ4n) is 2.05. The Morgan fingerprint density at radius 2 is 1.67 bits per heavy atom. The normalized spacial score (nSPS) is 10.1. The molecule has 0 radical (unpaired) electrons. The van der Waals surface area contributed by atoms with Crippen molar-refractivity contribution in [3.05, 3.63) is 42.5 Å². The first-order valence-corrected chi connectivity index (χ1v) is 8.52. The Morgan fingerprint density at radius 3 is 2.29 bits per heavy atom. The number of hydrogen-bond acceptors (Lipinski definition) is 5. The highest BCUT2D eigenvalue weighted by atomic mass is 32.2. The van der Waals surface area contributed by atoms with Crippen LogP contribution in [0, 0.1) is 0 Å². The lowest BCUT2D eigenvalue weighted by molar-refractivity contribution is -0.118. The number of carbonyl (C=O) groups is 1. The van der Waals surface area contributed by atoms with E-state index in [2.05, 4.69) is 12.2 Å². The standard InChI is InChI=1S/C18H21NO4S/c1-4-24-17-8-6-5-7-16(17)19-18(20)12-23-15-10-13(21-2)9-14(11-15)22-3/h5-11H,4,12H2,1-3H3,(H,19,20). The van der Waals surface area contributed by atoms with Crippen LogP contribution in [0.2, 0.25) is 0 Å². The number of ether oxygens (including phenoxy) is 3. The van der Waals surface area contributed by atoms with Crippen LogP contribution in [0.15, 0.2) is 47.4 Å². The summed E-state index contributed by atoms with van der Waals surface area (Å²) >= 11 is 1.68. The van der Waals surface area contributed by atoms with Crippen molar-refractivity contribution in [1.29, 1.82) is 0 Å². The van der Waals surface area contributed by atoms with Crippen molar-refractivity contribution in [3.63, 3.8) is 0 Å². The average molecular weight is 347 g/mol. The molecule has 0 unspecified atom stereocenters. The van der Waals surface area contributed by atoms with E-state index in [1.807, 2.05) is 24.3 Å². The second kappa shape index (κ2) is 9.08. The number of benzene rings is 2. The maximum absolute atomic E-state index is 12.1. The maximum atomic E-state index is 12.1. The second-order valence-electron chi connectivity index (χ2n) is 4.81. The van der Waals surface area contributed by atoms with Gasteiger partial charge in [-0.05, 0) is 17.9 Å². The largest absolute Gasteiger partial charge is 0.496 e. The van der Waals surface area contributed by atoms with Crippen LogP contribution in [-0.2, 0) is 4.79 Å². The molecule has 5 nitrogen and oxygen atoms in total. The third-order valence-corrected chi connectivity index (χ3v) is 4.11. The number of rotatable bonds is 8. The van der Waals surface area contributed by atoms with Gasteiger partial charge in [-0.3, -0.25) is 4.79 Å². The predicted octanol–water partition coefficient (Wildman–Crippen LogP) is 3.83. The van der Waals surface area contributed by atoms with Gasteiger partial charge in [0.1, 0.15) is 17.2 Å². The lowest BCUT2D eigenvalue weighted by Crippen LogP contribution is -2.20. The molecule has 0 spiro atoms. The van der Waals surface area contributed by atoms with Gasteiger partial charge in [0.25, 0.3) is 5.91 Å². The molecule has 0 atom stereocenters. The molecule has 0 aromatic heterocycles. The van der Waals surface area contributed by atoms with Gasteiger partial charge in [-0.25, -0.2) is 0 Å². The molecule has 0 fully saturated rings. The molecule has 0 saturated heterocycles.